The van der Waals surface area contributed by atoms with Gasteiger partial charge in [-0.15, -0.1) is 0 Å². The van der Waals surface area contributed by atoms with Crippen LogP contribution in [0.15, 0.2) is 115 Å². The van der Waals surface area contributed by atoms with Gasteiger partial charge in [0.2, 0.25) is 0 Å². The van der Waals surface area contributed by atoms with Crippen LogP contribution in [0.3, 0.4) is 0 Å². The Morgan fingerprint density at radius 3 is 1.36 bits per heavy atom. The van der Waals surface area contributed by atoms with Gasteiger partial charge in [-0.2, -0.15) is 0 Å². The topological polar surface area (TPSA) is 52.6 Å². The molecule has 33 heavy (non-hydrogen) atoms. The van der Waals surface area contributed by atoms with Gasteiger partial charge in [-0.3, -0.25) is 0 Å². The van der Waals surface area contributed by atoms with Crippen molar-refractivity contribution in [3.63, 3.8) is 0 Å². The van der Waals surface area contributed by atoms with Crippen LogP contribution in [-0.2, 0) is 9.47 Å². The van der Waals surface area contributed by atoms with Crippen molar-refractivity contribution in [3.05, 3.63) is 143 Å². The summed E-state index contributed by atoms with van der Waals surface area (Å²) in [5.74, 6) is -0.741. The normalized spacial score (nSPS) is 11.3. The maximum atomic E-state index is 13.0. The summed E-state index contributed by atoms with van der Waals surface area (Å²) in [5, 5.41) is 0. The molecule has 0 atom stereocenters. The molecule has 162 valence electrons. The first-order valence-electron chi connectivity index (χ1n) is 10.5. The predicted molar refractivity (Wildman–Crippen MR) is 128 cm³/mol. The Morgan fingerprint density at radius 2 is 0.879 bits per heavy atom. The van der Waals surface area contributed by atoms with E-state index in [1.54, 1.807) is 48.5 Å². The van der Waals surface area contributed by atoms with E-state index >= 15 is 0 Å². The number of hydrogen-bond donors (Lipinski definition) is 0. The summed E-state index contributed by atoms with van der Waals surface area (Å²) in [6.07, 6.45) is 0. The molecule has 0 amide bonds. The van der Waals surface area contributed by atoms with E-state index in [-0.39, 0.29) is 11.5 Å². The quantitative estimate of drug-likeness (QED) is 0.197. The van der Waals surface area contributed by atoms with Gasteiger partial charge in [0, 0.05) is 11.1 Å². The highest BCUT2D eigenvalue weighted by Crippen LogP contribution is 2.32. The molecular weight excluding hydrogens is 412 g/mol. The molecule has 0 aliphatic carbocycles. The molecule has 0 fully saturated rings. The fourth-order valence-corrected chi connectivity index (χ4v) is 3.33. The van der Waals surface area contributed by atoms with E-state index in [2.05, 4.69) is 0 Å². The molecular formula is C29H22O4. The molecule has 0 aromatic heterocycles. The number of ether oxygens (including phenoxy) is 2. The van der Waals surface area contributed by atoms with Crippen molar-refractivity contribution < 1.29 is 19.1 Å². The zero-order valence-corrected chi connectivity index (χ0v) is 18.1. The van der Waals surface area contributed by atoms with Crippen LogP contribution < -0.4 is 0 Å². The summed E-state index contributed by atoms with van der Waals surface area (Å²) < 4.78 is 11.8. The van der Waals surface area contributed by atoms with Crippen LogP contribution in [0.1, 0.15) is 37.4 Å². The Balaban J connectivity index is 1.87. The molecule has 4 rings (SSSR count). The minimum absolute atomic E-state index is 0.169. The van der Waals surface area contributed by atoms with Crippen LogP contribution in [0, 0.1) is 6.92 Å². The summed E-state index contributed by atoms with van der Waals surface area (Å²) in [6.45, 7) is 1.91. The number of hydrogen-bond acceptors (Lipinski definition) is 4. The van der Waals surface area contributed by atoms with Gasteiger partial charge in [-0.1, -0.05) is 91.0 Å². The molecule has 0 bridgehead atoms. The standard InChI is InChI=1S/C29H22O4/c1-21-13-11-12-20-25(21)27(33-29(31)24-18-9-4-10-19-24)26(22-14-5-2-6-15-22)32-28(30)23-16-7-3-8-17-23/h2-20H,1H3. The number of carbonyl (C=O) groups is 2. The first-order valence-corrected chi connectivity index (χ1v) is 10.5. The second-order valence-corrected chi connectivity index (χ2v) is 7.35. The van der Waals surface area contributed by atoms with Crippen LogP contribution in [-0.4, -0.2) is 11.9 Å². The number of rotatable bonds is 6. The highest BCUT2D eigenvalue weighted by atomic mass is 16.6. The third kappa shape index (κ3) is 5.25. The van der Waals surface area contributed by atoms with E-state index in [1.807, 2.05) is 73.7 Å². The van der Waals surface area contributed by atoms with Gasteiger partial charge in [0.1, 0.15) is 0 Å². The lowest BCUT2D eigenvalue weighted by atomic mass is 10.0. The first-order chi connectivity index (χ1) is 16.1. The molecule has 0 spiro atoms. The molecule has 0 unspecified atom stereocenters. The van der Waals surface area contributed by atoms with E-state index < -0.39 is 11.9 Å². The lowest BCUT2D eigenvalue weighted by Gasteiger charge is -2.17. The van der Waals surface area contributed by atoms with Crippen LogP contribution >= 0.6 is 0 Å². The van der Waals surface area contributed by atoms with Gasteiger partial charge in [-0.25, -0.2) is 9.59 Å². The SMILES string of the molecule is Cc1ccccc1C(OC(=O)c1ccccc1)=C(OC(=O)c1ccccc1)c1ccccc1. The lowest BCUT2D eigenvalue weighted by molar-refractivity contribution is 0.0646. The van der Waals surface area contributed by atoms with E-state index in [9.17, 15) is 9.59 Å². The number of esters is 2. The van der Waals surface area contributed by atoms with Crippen molar-refractivity contribution in [1.29, 1.82) is 0 Å². The summed E-state index contributed by atoms with van der Waals surface area (Å²) >= 11 is 0. The summed E-state index contributed by atoms with van der Waals surface area (Å²) in [7, 11) is 0. The number of aryl methyl sites for hydroxylation is 1. The van der Waals surface area contributed by atoms with Crippen molar-refractivity contribution in [2.24, 2.45) is 0 Å². The molecule has 0 N–H and O–H groups in total. The van der Waals surface area contributed by atoms with Crippen LogP contribution in [0.2, 0.25) is 0 Å². The second kappa shape index (κ2) is 10.2. The number of benzene rings is 4. The van der Waals surface area contributed by atoms with Crippen molar-refractivity contribution in [2.45, 2.75) is 6.92 Å². The van der Waals surface area contributed by atoms with Gasteiger partial charge < -0.3 is 9.47 Å². The van der Waals surface area contributed by atoms with Crippen LogP contribution in [0.4, 0.5) is 0 Å². The maximum absolute atomic E-state index is 13.0. The average molecular weight is 434 g/mol. The van der Waals surface area contributed by atoms with Crippen molar-refractivity contribution in [3.8, 4) is 0 Å². The monoisotopic (exact) mass is 434 g/mol. The third-order valence-corrected chi connectivity index (χ3v) is 5.04. The Labute approximate surface area is 192 Å². The molecule has 4 aromatic carbocycles. The van der Waals surface area contributed by atoms with Gasteiger partial charge in [0.25, 0.3) is 0 Å². The molecule has 0 aliphatic rings. The highest BCUT2D eigenvalue weighted by molar-refractivity contribution is 6.00. The van der Waals surface area contributed by atoms with Crippen LogP contribution in [0.25, 0.3) is 11.5 Å². The second-order valence-electron chi connectivity index (χ2n) is 7.35. The van der Waals surface area contributed by atoms with Gasteiger partial charge in [-0.05, 0) is 36.8 Å². The summed E-state index contributed by atoms with van der Waals surface area (Å²) in [6, 6.07) is 34.0. The van der Waals surface area contributed by atoms with E-state index in [0.29, 0.717) is 22.3 Å². The van der Waals surface area contributed by atoms with Crippen molar-refractivity contribution in [1.82, 2.24) is 0 Å². The molecule has 0 radical (unpaired) electrons. The van der Waals surface area contributed by atoms with E-state index in [4.69, 9.17) is 9.47 Å². The molecule has 0 heterocycles. The summed E-state index contributed by atoms with van der Waals surface area (Å²) in [5.41, 5.74) is 2.93. The Kier molecular flexibility index (Phi) is 6.76. The molecule has 4 nitrogen and oxygen atoms in total. The minimum atomic E-state index is -0.545. The van der Waals surface area contributed by atoms with Gasteiger partial charge >= 0.3 is 11.9 Å². The fraction of sp³-hybridized carbons (Fsp3) is 0.0345. The van der Waals surface area contributed by atoms with Gasteiger partial charge in [0.05, 0.1) is 11.1 Å². The third-order valence-electron chi connectivity index (χ3n) is 5.04. The van der Waals surface area contributed by atoms with Crippen molar-refractivity contribution in [2.75, 3.05) is 0 Å². The van der Waals surface area contributed by atoms with Crippen LogP contribution in [0.5, 0.6) is 0 Å². The Bertz CT molecular complexity index is 1280. The highest BCUT2D eigenvalue weighted by Gasteiger charge is 2.23. The Morgan fingerprint density at radius 1 is 0.485 bits per heavy atom. The molecule has 0 aliphatic heterocycles. The maximum Gasteiger partial charge on any atom is 0.343 e. The fourth-order valence-electron chi connectivity index (χ4n) is 3.33. The number of carbonyl (C=O) groups excluding carboxylic acids is 2. The summed E-state index contributed by atoms with van der Waals surface area (Å²) in [4.78, 5) is 26.0. The van der Waals surface area contributed by atoms with Crippen molar-refractivity contribution >= 4 is 23.5 Å². The van der Waals surface area contributed by atoms with E-state index in [1.165, 1.54) is 0 Å². The first kappa shape index (κ1) is 21.8. The molecule has 0 saturated heterocycles. The minimum Gasteiger partial charge on any atom is -0.418 e. The van der Waals surface area contributed by atoms with E-state index in [0.717, 1.165) is 5.56 Å². The predicted octanol–water partition coefficient (Wildman–Crippen LogP) is 6.53. The zero-order chi connectivity index (χ0) is 23.0. The molecule has 4 heteroatoms. The molecule has 4 aromatic rings. The average Bonchev–Trinajstić information content (AvgIpc) is 2.88. The largest absolute Gasteiger partial charge is 0.418 e. The lowest BCUT2D eigenvalue weighted by Crippen LogP contribution is -2.11. The molecule has 0 saturated carbocycles. The zero-order valence-electron chi connectivity index (χ0n) is 18.1. The smallest absolute Gasteiger partial charge is 0.343 e. The Hall–Kier alpha value is -4.44. The van der Waals surface area contributed by atoms with Gasteiger partial charge in [0.15, 0.2) is 11.5 Å².